The van der Waals surface area contributed by atoms with Crippen LogP contribution in [0.15, 0.2) is 23.1 Å². The van der Waals surface area contributed by atoms with Crippen molar-refractivity contribution in [2.24, 2.45) is 0 Å². The highest BCUT2D eigenvalue weighted by atomic mass is 32.2. The number of benzene rings is 1. The van der Waals surface area contributed by atoms with E-state index in [1.165, 1.54) is 22.9 Å². The lowest BCUT2D eigenvalue weighted by Gasteiger charge is -2.31. The number of carbonyl (C=O) groups excluding carboxylic acids is 1. The molecule has 3 rings (SSSR count). The van der Waals surface area contributed by atoms with Crippen molar-refractivity contribution in [1.82, 2.24) is 9.21 Å². The second-order valence-corrected chi connectivity index (χ2v) is 9.43. The number of rotatable bonds is 7. The van der Waals surface area contributed by atoms with E-state index >= 15 is 0 Å². The predicted octanol–water partition coefficient (Wildman–Crippen LogP) is 1.79. The molecule has 11 heteroatoms. The number of sulfonamides is 1. The molecular weight excluding hydrogens is 414 g/mol. The molecule has 0 atom stereocenters. The van der Waals surface area contributed by atoms with Crippen molar-refractivity contribution in [1.29, 1.82) is 0 Å². The third-order valence-electron chi connectivity index (χ3n) is 5.60. The number of ether oxygens (including phenoxy) is 2. The minimum atomic E-state index is -3.88. The number of amides is 1. The molecule has 2 fully saturated rings. The first kappa shape index (κ1) is 22.4. The molecule has 1 aromatic carbocycles. The Bertz CT molecular complexity index is 878. The predicted molar refractivity (Wildman–Crippen MR) is 108 cm³/mol. The molecule has 1 amide bonds. The van der Waals surface area contributed by atoms with Gasteiger partial charge in [0.2, 0.25) is 10.0 Å². The fourth-order valence-electron chi connectivity index (χ4n) is 3.77. The van der Waals surface area contributed by atoms with Gasteiger partial charge in [0, 0.05) is 32.2 Å². The van der Waals surface area contributed by atoms with E-state index in [4.69, 9.17) is 9.47 Å². The molecule has 1 aliphatic carbocycles. The second kappa shape index (κ2) is 9.71. The lowest BCUT2D eigenvalue weighted by Crippen LogP contribution is -2.41. The number of morpholine rings is 1. The fourth-order valence-corrected chi connectivity index (χ4v) is 5.20. The molecule has 0 aromatic heterocycles. The molecule has 10 nitrogen and oxygen atoms in total. The molecule has 1 heterocycles. The van der Waals surface area contributed by atoms with Crippen molar-refractivity contribution >= 4 is 21.6 Å². The molecule has 1 aliphatic heterocycles. The molecule has 0 radical (unpaired) electrons. The highest BCUT2D eigenvalue weighted by Crippen LogP contribution is 2.31. The summed E-state index contributed by atoms with van der Waals surface area (Å²) in [4.78, 5) is 24.7. The summed E-state index contributed by atoms with van der Waals surface area (Å²) >= 11 is 0. The highest BCUT2D eigenvalue weighted by Gasteiger charge is 2.30. The summed E-state index contributed by atoms with van der Waals surface area (Å²) < 4.78 is 37.3. The summed E-state index contributed by atoms with van der Waals surface area (Å²) in [6, 6.07) is 3.64. The Balaban J connectivity index is 1.72. The Kier molecular flexibility index (Phi) is 7.27. The third kappa shape index (κ3) is 5.08. The Morgan fingerprint density at radius 2 is 1.93 bits per heavy atom. The van der Waals surface area contributed by atoms with Crippen LogP contribution in [0.1, 0.15) is 32.1 Å². The molecule has 2 aliphatic rings. The second-order valence-electron chi connectivity index (χ2n) is 7.49. The van der Waals surface area contributed by atoms with Gasteiger partial charge in [0.1, 0.15) is 0 Å². The molecule has 1 saturated heterocycles. The van der Waals surface area contributed by atoms with Gasteiger partial charge in [-0.2, -0.15) is 4.31 Å². The fraction of sp³-hybridized carbons (Fsp3) is 0.632. The minimum Gasteiger partial charge on any atom is -0.477 e. The smallest absolute Gasteiger partial charge is 0.312 e. The van der Waals surface area contributed by atoms with E-state index in [2.05, 4.69) is 0 Å². The molecule has 0 bridgehead atoms. The maximum Gasteiger partial charge on any atom is 0.312 e. The first-order chi connectivity index (χ1) is 14.3. The van der Waals surface area contributed by atoms with Crippen molar-refractivity contribution in [3.05, 3.63) is 28.3 Å². The highest BCUT2D eigenvalue weighted by molar-refractivity contribution is 7.89. The van der Waals surface area contributed by atoms with E-state index in [1.807, 2.05) is 0 Å². The van der Waals surface area contributed by atoms with Gasteiger partial charge in [-0.05, 0) is 25.0 Å². The maximum atomic E-state index is 12.7. The molecule has 30 heavy (non-hydrogen) atoms. The number of nitro groups is 1. The summed E-state index contributed by atoms with van der Waals surface area (Å²) in [6.45, 7) is 0.592. The quantitative estimate of drug-likeness (QED) is 0.467. The van der Waals surface area contributed by atoms with Gasteiger partial charge in [-0.3, -0.25) is 14.9 Å². The standard InChI is InChI=1S/C19H27N3O7S/c1-20(15-5-3-2-4-6-15)19(23)14-29-18-8-7-16(13-17(18)22(24)25)30(26,27)21-9-11-28-12-10-21/h7-8,13,15H,2-6,9-12,14H2,1H3. The molecular formula is C19H27N3O7S. The van der Waals surface area contributed by atoms with Crippen molar-refractivity contribution < 1.29 is 27.6 Å². The Labute approximate surface area is 175 Å². The van der Waals surface area contributed by atoms with Crippen molar-refractivity contribution in [2.45, 2.75) is 43.0 Å². The third-order valence-corrected chi connectivity index (χ3v) is 7.50. The monoisotopic (exact) mass is 441 g/mol. The Morgan fingerprint density at radius 1 is 1.27 bits per heavy atom. The number of carbonyl (C=O) groups is 1. The van der Waals surface area contributed by atoms with Gasteiger partial charge >= 0.3 is 5.69 Å². The van der Waals surface area contributed by atoms with Gasteiger partial charge in [0.25, 0.3) is 5.91 Å². The average molecular weight is 442 g/mol. The average Bonchev–Trinajstić information content (AvgIpc) is 2.77. The summed E-state index contributed by atoms with van der Waals surface area (Å²) in [5, 5.41) is 11.5. The van der Waals surface area contributed by atoms with Crippen LogP contribution in [0.5, 0.6) is 5.75 Å². The number of nitrogens with zero attached hydrogens (tertiary/aromatic N) is 3. The van der Waals surface area contributed by atoms with E-state index in [1.54, 1.807) is 11.9 Å². The lowest BCUT2D eigenvalue weighted by molar-refractivity contribution is -0.386. The van der Waals surface area contributed by atoms with Crippen LogP contribution < -0.4 is 4.74 Å². The molecule has 0 spiro atoms. The molecule has 0 N–H and O–H groups in total. The molecule has 0 unspecified atom stereocenters. The SMILES string of the molecule is CN(C(=O)COc1ccc(S(=O)(=O)N2CCOCC2)cc1[N+](=O)[O-])C1CCCCC1. The van der Waals surface area contributed by atoms with Crippen molar-refractivity contribution in [2.75, 3.05) is 40.0 Å². The van der Waals surface area contributed by atoms with Crippen LogP contribution in [0.25, 0.3) is 0 Å². The van der Waals surface area contributed by atoms with Crippen LogP contribution in [-0.2, 0) is 19.6 Å². The summed E-state index contributed by atoms with van der Waals surface area (Å²) in [5.41, 5.74) is -0.488. The van der Waals surface area contributed by atoms with Crippen LogP contribution in [0.3, 0.4) is 0 Å². The van der Waals surface area contributed by atoms with Gasteiger partial charge in [-0.15, -0.1) is 0 Å². The van der Waals surface area contributed by atoms with Gasteiger partial charge in [-0.1, -0.05) is 19.3 Å². The zero-order valence-corrected chi connectivity index (χ0v) is 17.8. The van der Waals surface area contributed by atoms with Crippen LogP contribution in [0, 0.1) is 10.1 Å². The number of hydrogen-bond donors (Lipinski definition) is 0. The Morgan fingerprint density at radius 3 is 2.57 bits per heavy atom. The number of hydrogen-bond acceptors (Lipinski definition) is 7. The first-order valence-corrected chi connectivity index (χ1v) is 11.5. The maximum absolute atomic E-state index is 12.7. The topological polar surface area (TPSA) is 119 Å². The van der Waals surface area contributed by atoms with E-state index in [0.717, 1.165) is 31.7 Å². The number of nitro benzene ring substituents is 1. The van der Waals surface area contributed by atoms with Gasteiger partial charge in [0.05, 0.1) is 23.0 Å². The van der Waals surface area contributed by atoms with Gasteiger partial charge in [-0.25, -0.2) is 8.42 Å². The molecule has 166 valence electrons. The zero-order valence-electron chi connectivity index (χ0n) is 17.0. The summed E-state index contributed by atoms with van der Waals surface area (Å²) in [5.74, 6) is -0.396. The van der Waals surface area contributed by atoms with E-state index < -0.39 is 20.6 Å². The van der Waals surface area contributed by atoms with Crippen LogP contribution in [0.2, 0.25) is 0 Å². The Hall–Kier alpha value is -2.24. The summed E-state index contributed by atoms with van der Waals surface area (Å²) in [7, 11) is -2.16. The van der Waals surface area contributed by atoms with E-state index in [9.17, 15) is 23.3 Å². The van der Waals surface area contributed by atoms with Crippen LogP contribution in [-0.4, -0.2) is 74.5 Å². The zero-order chi connectivity index (χ0) is 21.7. The van der Waals surface area contributed by atoms with Crippen LogP contribution in [0.4, 0.5) is 5.69 Å². The normalized spacial score (nSPS) is 18.7. The molecule has 1 saturated carbocycles. The largest absolute Gasteiger partial charge is 0.477 e. The van der Waals surface area contributed by atoms with Crippen LogP contribution >= 0.6 is 0 Å². The van der Waals surface area contributed by atoms with E-state index in [-0.39, 0.29) is 55.5 Å². The summed E-state index contributed by atoms with van der Waals surface area (Å²) in [6.07, 6.45) is 5.20. The van der Waals surface area contributed by atoms with Gasteiger partial charge in [0.15, 0.2) is 12.4 Å². The van der Waals surface area contributed by atoms with Gasteiger partial charge < -0.3 is 14.4 Å². The number of likely N-dealkylation sites (N-methyl/N-ethyl adjacent to an activating group) is 1. The van der Waals surface area contributed by atoms with Crippen molar-refractivity contribution in [3.8, 4) is 5.75 Å². The minimum absolute atomic E-state index is 0.133. The van der Waals surface area contributed by atoms with Crippen molar-refractivity contribution in [3.63, 3.8) is 0 Å². The van der Waals surface area contributed by atoms with E-state index in [0.29, 0.717) is 0 Å². The lowest BCUT2D eigenvalue weighted by atomic mass is 9.94. The molecule has 1 aromatic rings. The first-order valence-electron chi connectivity index (χ1n) is 10.1.